The van der Waals surface area contributed by atoms with E-state index in [9.17, 15) is 9.59 Å². The summed E-state index contributed by atoms with van der Waals surface area (Å²) in [5.74, 6) is -0.450. The summed E-state index contributed by atoms with van der Waals surface area (Å²) in [6.07, 6.45) is 4.77. The highest BCUT2D eigenvalue weighted by Crippen LogP contribution is 2.34. The molecule has 0 radical (unpaired) electrons. The van der Waals surface area contributed by atoms with Gasteiger partial charge in [-0.05, 0) is 42.5 Å². The van der Waals surface area contributed by atoms with E-state index in [4.69, 9.17) is 0 Å². The molecule has 21 heavy (non-hydrogen) atoms. The second-order valence-corrected chi connectivity index (χ2v) is 4.59. The van der Waals surface area contributed by atoms with Crippen LogP contribution in [0.25, 0.3) is 11.6 Å². The van der Waals surface area contributed by atoms with E-state index in [1.54, 1.807) is 30.5 Å². The fourth-order valence-electron chi connectivity index (χ4n) is 2.19. The van der Waals surface area contributed by atoms with Crippen LogP contribution < -0.4 is 10.6 Å². The highest BCUT2D eigenvalue weighted by molar-refractivity contribution is 6.35. The van der Waals surface area contributed by atoms with Crippen molar-refractivity contribution < 1.29 is 9.59 Å². The number of anilines is 2. The zero-order valence-corrected chi connectivity index (χ0v) is 11.1. The van der Waals surface area contributed by atoms with Gasteiger partial charge in [0.1, 0.15) is 0 Å². The second kappa shape index (κ2) is 5.13. The number of aromatic nitrogens is 1. The fourth-order valence-corrected chi connectivity index (χ4v) is 2.19. The Bertz CT molecular complexity index is 758. The van der Waals surface area contributed by atoms with Gasteiger partial charge in [-0.3, -0.25) is 9.59 Å². The molecule has 0 spiro atoms. The molecule has 104 valence electrons. The number of nitrogens with one attached hydrogen (secondary N) is 3. The summed E-state index contributed by atoms with van der Waals surface area (Å²) >= 11 is 0. The van der Waals surface area contributed by atoms with Crippen molar-refractivity contribution in [2.75, 3.05) is 10.6 Å². The number of carbonyl (C=O) groups is 2. The number of hydrogen-bond acceptors (Lipinski definition) is 2. The molecule has 2 heterocycles. The number of carbonyl (C=O) groups excluding carboxylic acids is 2. The molecular weight excluding hydrogens is 266 g/mol. The Balaban J connectivity index is 2.00. The molecular formula is C16H13N3O2. The van der Waals surface area contributed by atoms with Crippen LogP contribution in [0.3, 0.4) is 0 Å². The van der Waals surface area contributed by atoms with E-state index in [0.29, 0.717) is 11.3 Å². The van der Waals surface area contributed by atoms with Crippen molar-refractivity contribution in [1.29, 1.82) is 0 Å². The minimum absolute atomic E-state index is 0.160. The maximum atomic E-state index is 12.1. The first-order valence-corrected chi connectivity index (χ1v) is 6.41. The maximum Gasteiger partial charge on any atom is 0.256 e. The van der Waals surface area contributed by atoms with Crippen LogP contribution in [0.1, 0.15) is 11.3 Å². The van der Waals surface area contributed by atoms with Crippen LogP contribution in [0.4, 0.5) is 11.4 Å². The topological polar surface area (TPSA) is 74.0 Å². The molecule has 5 nitrogen and oxygen atoms in total. The van der Waals surface area contributed by atoms with Gasteiger partial charge in [0, 0.05) is 28.8 Å². The number of amides is 2. The Morgan fingerprint density at radius 3 is 2.86 bits per heavy atom. The Morgan fingerprint density at radius 2 is 2.14 bits per heavy atom. The molecule has 0 bridgehead atoms. The summed E-state index contributed by atoms with van der Waals surface area (Å²) in [6.45, 7) is 3.41. The molecule has 1 aliphatic heterocycles. The summed E-state index contributed by atoms with van der Waals surface area (Å²) < 4.78 is 0. The first kappa shape index (κ1) is 12.9. The predicted octanol–water partition coefficient (Wildman–Crippen LogP) is 2.63. The van der Waals surface area contributed by atoms with E-state index in [0.717, 1.165) is 16.9 Å². The largest absolute Gasteiger partial charge is 0.362 e. The number of fused-ring (bicyclic) bond motifs is 1. The van der Waals surface area contributed by atoms with Gasteiger partial charge in [0.25, 0.3) is 5.91 Å². The smallest absolute Gasteiger partial charge is 0.256 e. The van der Waals surface area contributed by atoms with E-state index in [1.807, 2.05) is 12.1 Å². The minimum Gasteiger partial charge on any atom is -0.362 e. The lowest BCUT2D eigenvalue weighted by molar-refractivity contribution is -0.112. The normalized spacial score (nSPS) is 14.7. The van der Waals surface area contributed by atoms with Gasteiger partial charge < -0.3 is 15.6 Å². The van der Waals surface area contributed by atoms with Crippen molar-refractivity contribution in [3.05, 3.63) is 60.4 Å². The van der Waals surface area contributed by atoms with E-state index < -0.39 is 0 Å². The average Bonchev–Trinajstić information content (AvgIpc) is 3.08. The van der Waals surface area contributed by atoms with Crippen LogP contribution in [-0.4, -0.2) is 16.8 Å². The van der Waals surface area contributed by atoms with Crippen LogP contribution in [-0.2, 0) is 9.59 Å². The molecule has 1 aromatic heterocycles. The van der Waals surface area contributed by atoms with Crippen molar-refractivity contribution in [3.63, 3.8) is 0 Å². The molecule has 0 saturated carbocycles. The van der Waals surface area contributed by atoms with Gasteiger partial charge >= 0.3 is 0 Å². The standard InChI is InChI=1S/C16H13N3O2/c1-2-15(20)18-11-5-6-14-12(9-11)13(16(21)19-14)8-10-4-3-7-17-10/h2-9,17H,1H2,(H,18,20)(H,19,21)/b13-8-. The SMILES string of the molecule is C=CC(=O)Nc1ccc2c(c1)/C(=C/c1ccc[nH]1)C(=O)N2. The Labute approximate surface area is 121 Å². The van der Waals surface area contributed by atoms with Gasteiger partial charge in [-0.1, -0.05) is 6.58 Å². The van der Waals surface area contributed by atoms with Crippen molar-refractivity contribution in [2.24, 2.45) is 0 Å². The zero-order chi connectivity index (χ0) is 14.8. The number of H-pyrrole nitrogens is 1. The lowest BCUT2D eigenvalue weighted by Gasteiger charge is -2.05. The van der Waals surface area contributed by atoms with Crippen LogP contribution >= 0.6 is 0 Å². The first-order chi connectivity index (χ1) is 10.2. The van der Waals surface area contributed by atoms with Gasteiger partial charge in [-0.15, -0.1) is 0 Å². The molecule has 1 aliphatic rings. The third kappa shape index (κ3) is 2.49. The van der Waals surface area contributed by atoms with Crippen LogP contribution in [0.2, 0.25) is 0 Å². The Hall–Kier alpha value is -3.08. The van der Waals surface area contributed by atoms with E-state index >= 15 is 0 Å². The monoisotopic (exact) mass is 279 g/mol. The van der Waals surface area contributed by atoms with E-state index in [1.165, 1.54) is 6.08 Å². The van der Waals surface area contributed by atoms with Crippen LogP contribution in [0, 0.1) is 0 Å². The lowest BCUT2D eigenvalue weighted by Crippen LogP contribution is -2.07. The van der Waals surface area contributed by atoms with Crippen LogP contribution in [0.15, 0.2) is 49.2 Å². The molecule has 0 unspecified atom stereocenters. The van der Waals surface area contributed by atoms with Gasteiger partial charge in [0.2, 0.25) is 5.91 Å². The third-order valence-corrected chi connectivity index (χ3v) is 3.18. The highest BCUT2D eigenvalue weighted by Gasteiger charge is 2.24. The number of aromatic amines is 1. The van der Waals surface area contributed by atoms with Gasteiger partial charge in [-0.2, -0.15) is 0 Å². The second-order valence-electron chi connectivity index (χ2n) is 4.59. The number of hydrogen-bond donors (Lipinski definition) is 3. The Kier molecular flexibility index (Phi) is 3.16. The number of rotatable bonds is 3. The molecule has 3 rings (SSSR count). The number of benzene rings is 1. The summed E-state index contributed by atoms with van der Waals surface area (Å²) in [6, 6.07) is 9.01. The zero-order valence-electron chi connectivity index (χ0n) is 11.1. The summed E-state index contributed by atoms with van der Waals surface area (Å²) in [5, 5.41) is 5.48. The predicted molar refractivity (Wildman–Crippen MR) is 82.6 cm³/mol. The van der Waals surface area contributed by atoms with Crippen molar-refractivity contribution in [2.45, 2.75) is 0 Å². The molecule has 3 N–H and O–H groups in total. The summed E-state index contributed by atoms with van der Waals surface area (Å²) in [7, 11) is 0. The molecule has 1 aromatic carbocycles. The minimum atomic E-state index is -0.290. The molecule has 0 fully saturated rings. The lowest BCUT2D eigenvalue weighted by atomic mass is 10.1. The molecule has 2 aromatic rings. The van der Waals surface area contributed by atoms with Crippen molar-refractivity contribution in [1.82, 2.24) is 4.98 Å². The molecule has 5 heteroatoms. The van der Waals surface area contributed by atoms with Crippen LogP contribution in [0.5, 0.6) is 0 Å². The Morgan fingerprint density at radius 1 is 1.29 bits per heavy atom. The highest BCUT2D eigenvalue weighted by atomic mass is 16.2. The van der Waals surface area contributed by atoms with Gasteiger partial charge in [0.05, 0.1) is 5.57 Å². The summed E-state index contributed by atoms with van der Waals surface area (Å²) in [5.41, 5.74) is 3.51. The van der Waals surface area contributed by atoms with E-state index in [-0.39, 0.29) is 11.8 Å². The molecule has 0 saturated heterocycles. The quantitative estimate of drug-likeness (QED) is 0.756. The third-order valence-electron chi connectivity index (χ3n) is 3.18. The maximum absolute atomic E-state index is 12.1. The molecule has 2 amide bonds. The summed E-state index contributed by atoms with van der Waals surface area (Å²) in [4.78, 5) is 26.4. The van der Waals surface area contributed by atoms with Gasteiger partial charge in [-0.25, -0.2) is 0 Å². The average molecular weight is 279 g/mol. The van der Waals surface area contributed by atoms with E-state index in [2.05, 4.69) is 22.2 Å². The fraction of sp³-hybridized carbons (Fsp3) is 0. The van der Waals surface area contributed by atoms with Gasteiger partial charge in [0.15, 0.2) is 0 Å². The molecule has 0 aliphatic carbocycles. The first-order valence-electron chi connectivity index (χ1n) is 6.41. The molecule has 0 atom stereocenters. The van der Waals surface area contributed by atoms with Crippen molar-refractivity contribution >= 4 is 34.8 Å². The van der Waals surface area contributed by atoms with Crippen molar-refractivity contribution in [3.8, 4) is 0 Å².